The van der Waals surface area contributed by atoms with Gasteiger partial charge in [0.25, 0.3) is 5.91 Å². The van der Waals surface area contributed by atoms with E-state index >= 15 is 0 Å². The standard InChI is InChI=1S/C29H25NO6/c1-3-12-33-20-8-6-19(7-9-20)26-25-27(31)21-13-17(2)4-10-22(21)36-28(25)29(32)30(26)15-18-5-11-23-24(14-18)35-16-34-23/h4-11,13-14,26H,3,12,15-16H2,1-2H3/t26-/m1/s1. The molecule has 0 unspecified atom stereocenters. The largest absolute Gasteiger partial charge is 0.494 e. The van der Waals surface area contributed by atoms with Gasteiger partial charge < -0.3 is 23.5 Å². The van der Waals surface area contributed by atoms with Crippen LogP contribution in [-0.2, 0) is 6.54 Å². The van der Waals surface area contributed by atoms with Crippen LogP contribution in [-0.4, -0.2) is 24.2 Å². The maximum Gasteiger partial charge on any atom is 0.291 e. The maximum absolute atomic E-state index is 13.8. The molecule has 7 heteroatoms. The number of hydrogen-bond donors (Lipinski definition) is 0. The fourth-order valence-corrected chi connectivity index (χ4v) is 4.85. The first-order valence-electron chi connectivity index (χ1n) is 12.0. The van der Waals surface area contributed by atoms with Crippen molar-refractivity contribution in [3.63, 3.8) is 0 Å². The SMILES string of the molecule is CCCOc1ccc([C@@H]2c3c(oc4ccc(C)cc4c3=O)C(=O)N2Cc2ccc3c(c2)OCO3)cc1. The molecule has 2 aliphatic heterocycles. The van der Waals surface area contributed by atoms with Gasteiger partial charge in [0.1, 0.15) is 11.3 Å². The third kappa shape index (κ3) is 3.68. The van der Waals surface area contributed by atoms with Crippen molar-refractivity contribution in [1.82, 2.24) is 4.90 Å². The minimum atomic E-state index is -0.598. The zero-order valence-corrected chi connectivity index (χ0v) is 20.1. The second-order valence-corrected chi connectivity index (χ2v) is 9.11. The molecule has 1 aromatic heterocycles. The van der Waals surface area contributed by atoms with Crippen molar-refractivity contribution in [2.75, 3.05) is 13.4 Å². The van der Waals surface area contributed by atoms with Crippen LogP contribution in [0.25, 0.3) is 11.0 Å². The summed E-state index contributed by atoms with van der Waals surface area (Å²) >= 11 is 0. The number of amides is 1. The lowest BCUT2D eigenvalue weighted by molar-refractivity contribution is 0.0714. The summed E-state index contributed by atoms with van der Waals surface area (Å²) in [5.41, 5.74) is 3.20. The summed E-state index contributed by atoms with van der Waals surface area (Å²) in [5.74, 6) is 1.83. The highest BCUT2D eigenvalue weighted by Gasteiger charge is 2.42. The van der Waals surface area contributed by atoms with Gasteiger partial charge in [0, 0.05) is 6.54 Å². The molecule has 1 atom stereocenters. The summed E-state index contributed by atoms with van der Waals surface area (Å²) in [7, 11) is 0. The molecule has 2 aliphatic rings. The van der Waals surface area contributed by atoms with E-state index in [-0.39, 0.29) is 30.4 Å². The molecule has 0 spiro atoms. The molecule has 0 aliphatic carbocycles. The van der Waals surface area contributed by atoms with Gasteiger partial charge in [0.15, 0.2) is 16.9 Å². The van der Waals surface area contributed by atoms with E-state index in [0.717, 1.165) is 28.9 Å². The Hall–Kier alpha value is -4.26. The predicted molar refractivity (Wildman–Crippen MR) is 134 cm³/mol. The molecule has 3 heterocycles. The number of fused-ring (bicyclic) bond motifs is 3. The van der Waals surface area contributed by atoms with Crippen molar-refractivity contribution in [1.29, 1.82) is 0 Å². The molecule has 1 amide bonds. The van der Waals surface area contributed by atoms with Crippen molar-refractivity contribution in [2.45, 2.75) is 32.9 Å². The van der Waals surface area contributed by atoms with Gasteiger partial charge in [-0.25, -0.2) is 0 Å². The number of rotatable bonds is 6. The van der Waals surface area contributed by atoms with Gasteiger partial charge in [-0.05, 0) is 60.9 Å². The summed E-state index contributed by atoms with van der Waals surface area (Å²) < 4.78 is 22.7. The smallest absolute Gasteiger partial charge is 0.291 e. The molecule has 182 valence electrons. The highest BCUT2D eigenvalue weighted by Crippen LogP contribution is 2.41. The van der Waals surface area contributed by atoms with Crippen LogP contribution in [0.4, 0.5) is 0 Å². The zero-order chi connectivity index (χ0) is 24.8. The van der Waals surface area contributed by atoms with Crippen LogP contribution in [0.5, 0.6) is 17.2 Å². The number of hydrogen-bond acceptors (Lipinski definition) is 6. The monoisotopic (exact) mass is 483 g/mol. The van der Waals surface area contributed by atoms with E-state index in [9.17, 15) is 9.59 Å². The lowest BCUT2D eigenvalue weighted by Gasteiger charge is -2.25. The topological polar surface area (TPSA) is 78.2 Å². The van der Waals surface area contributed by atoms with Crippen LogP contribution in [0.2, 0.25) is 0 Å². The first kappa shape index (κ1) is 22.2. The Morgan fingerprint density at radius 3 is 2.58 bits per heavy atom. The van der Waals surface area contributed by atoms with Crippen LogP contribution < -0.4 is 19.6 Å². The van der Waals surface area contributed by atoms with Gasteiger partial charge in [-0.3, -0.25) is 9.59 Å². The number of benzene rings is 3. The summed E-state index contributed by atoms with van der Waals surface area (Å²) in [5, 5.41) is 0.472. The normalized spacial score (nSPS) is 16.0. The maximum atomic E-state index is 13.8. The molecule has 0 saturated heterocycles. The lowest BCUT2D eigenvalue weighted by atomic mass is 9.97. The predicted octanol–water partition coefficient (Wildman–Crippen LogP) is 5.36. The first-order valence-corrected chi connectivity index (χ1v) is 12.0. The highest BCUT2D eigenvalue weighted by molar-refractivity contribution is 5.99. The van der Waals surface area contributed by atoms with Gasteiger partial charge >= 0.3 is 0 Å². The van der Waals surface area contributed by atoms with Crippen LogP contribution in [0.15, 0.2) is 69.9 Å². The molecule has 0 radical (unpaired) electrons. The molecule has 0 fully saturated rings. The Kier molecular flexibility index (Phi) is 5.40. The lowest BCUT2D eigenvalue weighted by Crippen LogP contribution is -2.29. The van der Waals surface area contributed by atoms with E-state index < -0.39 is 6.04 Å². The average Bonchev–Trinajstić information content (AvgIpc) is 3.46. The quantitative estimate of drug-likeness (QED) is 0.367. The van der Waals surface area contributed by atoms with Crippen LogP contribution >= 0.6 is 0 Å². The fraction of sp³-hybridized carbons (Fsp3) is 0.241. The Balaban J connectivity index is 1.47. The van der Waals surface area contributed by atoms with Gasteiger partial charge in [-0.15, -0.1) is 0 Å². The van der Waals surface area contributed by atoms with Crippen molar-refractivity contribution in [2.24, 2.45) is 0 Å². The number of ether oxygens (including phenoxy) is 3. The zero-order valence-electron chi connectivity index (χ0n) is 20.1. The number of carbonyl (C=O) groups excluding carboxylic acids is 1. The van der Waals surface area contributed by atoms with Crippen LogP contribution in [0.1, 0.15) is 52.2 Å². The van der Waals surface area contributed by atoms with E-state index in [1.54, 1.807) is 11.0 Å². The second kappa shape index (κ2) is 8.75. The van der Waals surface area contributed by atoms with E-state index in [1.807, 2.05) is 61.5 Å². The number of nitrogens with zero attached hydrogens (tertiary/aromatic N) is 1. The van der Waals surface area contributed by atoms with Crippen molar-refractivity contribution < 1.29 is 23.4 Å². The molecule has 6 rings (SSSR count). The van der Waals surface area contributed by atoms with E-state index in [0.29, 0.717) is 34.6 Å². The Bertz CT molecular complexity index is 1540. The molecule has 0 N–H and O–H groups in total. The van der Waals surface area contributed by atoms with Gasteiger partial charge in [-0.1, -0.05) is 36.8 Å². The van der Waals surface area contributed by atoms with E-state index in [4.69, 9.17) is 18.6 Å². The third-order valence-electron chi connectivity index (χ3n) is 6.58. The van der Waals surface area contributed by atoms with Crippen molar-refractivity contribution >= 4 is 16.9 Å². The van der Waals surface area contributed by atoms with E-state index in [2.05, 4.69) is 6.92 Å². The molecule has 0 bridgehead atoms. The molecule has 36 heavy (non-hydrogen) atoms. The molecule has 0 saturated carbocycles. The van der Waals surface area contributed by atoms with Gasteiger partial charge in [0.2, 0.25) is 12.6 Å². The van der Waals surface area contributed by atoms with Crippen molar-refractivity contribution in [3.05, 3.63) is 98.9 Å². The molecular weight excluding hydrogens is 458 g/mol. The third-order valence-corrected chi connectivity index (χ3v) is 6.58. The summed E-state index contributed by atoms with van der Waals surface area (Å²) in [6, 6.07) is 18.0. The summed E-state index contributed by atoms with van der Waals surface area (Å²) in [6.45, 7) is 5.04. The van der Waals surface area contributed by atoms with Crippen molar-refractivity contribution in [3.8, 4) is 17.2 Å². The second-order valence-electron chi connectivity index (χ2n) is 9.11. The molecule has 3 aromatic carbocycles. The summed E-state index contributed by atoms with van der Waals surface area (Å²) in [4.78, 5) is 29.1. The Labute approximate surface area is 207 Å². The highest BCUT2D eigenvalue weighted by atomic mass is 16.7. The average molecular weight is 484 g/mol. The molecule has 7 nitrogen and oxygen atoms in total. The Morgan fingerprint density at radius 1 is 0.972 bits per heavy atom. The van der Waals surface area contributed by atoms with Crippen LogP contribution in [0.3, 0.4) is 0 Å². The molecular formula is C29H25NO6. The minimum Gasteiger partial charge on any atom is -0.494 e. The van der Waals surface area contributed by atoms with Gasteiger partial charge in [0.05, 0.1) is 23.6 Å². The fourth-order valence-electron chi connectivity index (χ4n) is 4.85. The number of carbonyl (C=O) groups is 1. The summed E-state index contributed by atoms with van der Waals surface area (Å²) in [6.07, 6.45) is 0.906. The van der Waals surface area contributed by atoms with Gasteiger partial charge in [-0.2, -0.15) is 0 Å². The van der Waals surface area contributed by atoms with E-state index in [1.165, 1.54) is 0 Å². The number of aryl methyl sites for hydroxylation is 1. The minimum absolute atomic E-state index is 0.0911. The van der Waals surface area contributed by atoms with Crippen LogP contribution in [0, 0.1) is 6.92 Å². The first-order chi connectivity index (χ1) is 17.5. The molecule has 4 aromatic rings. The Morgan fingerprint density at radius 2 is 1.78 bits per heavy atom.